The van der Waals surface area contributed by atoms with Gasteiger partial charge in [0.05, 0.1) is 6.61 Å². The molecule has 0 aliphatic carbocycles. The van der Waals surface area contributed by atoms with E-state index in [4.69, 9.17) is 0 Å². The van der Waals surface area contributed by atoms with E-state index in [0.29, 0.717) is 6.04 Å². The first-order chi connectivity index (χ1) is 8.74. The summed E-state index contributed by atoms with van der Waals surface area (Å²) in [6.45, 7) is 8.43. The van der Waals surface area contributed by atoms with Gasteiger partial charge in [0, 0.05) is 37.9 Å². The Kier molecular flexibility index (Phi) is 4.55. The number of anilines is 1. The van der Waals surface area contributed by atoms with Crippen LogP contribution < -0.4 is 4.90 Å². The second-order valence-corrected chi connectivity index (χ2v) is 4.90. The molecule has 0 bridgehead atoms. The van der Waals surface area contributed by atoms with Crippen LogP contribution in [0.5, 0.6) is 0 Å². The van der Waals surface area contributed by atoms with Crippen LogP contribution >= 0.6 is 0 Å². The van der Waals surface area contributed by atoms with E-state index >= 15 is 0 Å². The number of aryl methyl sites for hydroxylation is 1. The number of aliphatic hydroxyl groups is 1. The quantitative estimate of drug-likeness (QED) is 0.872. The average molecular weight is 249 g/mol. The van der Waals surface area contributed by atoms with Gasteiger partial charge in [-0.1, -0.05) is 13.0 Å². The Bertz CT molecular complexity index is 371. The van der Waals surface area contributed by atoms with Crippen LogP contribution in [0.1, 0.15) is 19.0 Å². The minimum Gasteiger partial charge on any atom is -0.395 e. The minimum absolute atomic E-state index is 0.263. The van der Waals surface area contributed by atoms with Gasteiger partial charge in [-0.25, -0.2) is 4.98 Å². The highest BCUT2D eigenvalue weighted by Crippen LogP contribution is 2.15. The molecule has 0 saturated carbocycles. The largest absolute Gasteiger partial charge is 0.395 e. The number of pyridine rings is 1. The van der Waals surface area contributed by atoms with Gasteiger partial charge in [0.2, 0.25) is 0 Å². The van der Waals surface area contributed by atoms with Gasteiger partial charge in [-0.2, -0.15) is 0 Å². The Labute approximate surface area is 109 Å². The number of piperazine rings is 1. The van der Waals surface area contributed by atoms with Gasteiger partial charge >= 0.3 is 0 Å². The lowest BCUT2D eigenvalue weighted by Crippen LogP contribution is -2.51. The van der Waals surface area contributed by atoms with Crippen molar-refractivity contribution in [3.05, 3.63) is 23.9 Å². The lowest BCUT2D eigenvalue weighted by Gasteiger charge is -2.39. The van der Waals surface area contributed by atoms with Crippen molar-refractivity contribution < 1.29 is 5.11 Å². The minimum atomic E-state index is 0.263. The highest BCUT2D eigenvalue weighted by atomic mass is 16.3. The Morgan fingerprint density at radius 3 is 2.56 bits per heavy atom. The summed E-state index contributed by atoms with van der Waals surface area (Å²) < 4.78 is 0. The summed E-state index contributed by atoms with van der Waals surface area (Å²) in [5.74, 6) is 1.08. The Morgan fingerprint density at radius 2 is 2.00 bits per heavy atom. The number of hydrogen-bond donors (Lipinski definition) is 1. The molecule has 0 unspecified atom stereocenters. The van der Waals surface area contributed by atoms with Gasteiger partial charge in [0.15, 0.2) is 0 Å². The van der Waals surface area contributed by atoms with Crippen molar-refractivity contribution in [3.8, 4) is 0 Å². The fraction of sp³-hybridized carbons (Fsp3) is 0.643. The van der Waals surface area contributed by atoms with Crippen molar-refractivity contribution in [2.75, 3.05) is 37.7 Å². The third kappa shape index (κ3) is 3.00. The molecule has 4 nitrogen and oxygen atoms in total. The predicted molar refractivity (Wildman–Crippen MR) is 73.9 cm³/mol. The standard InChI is InChI=1S/C14H23N3O/c1-3-13(11-18)16-7-9-17(10-8-16)14-6-4-5-12(2)15-14/h4-6,13,18H,3,7-11H2,1-2H3/t13-/m0/s1. The molecule has 1 fully saturated rings. The number of aliphatic hydroxyl groups excluding tert-OH is 1. The van der Waals surface area contributed by atoms with E-state index in [1.165, 1.54) is 0 Å². The van der Waals surface area contributed by atoms with Crippen LogP contribution in [0, 0.1) is 6.92 Å². The summed E-state index contributed by atoms with van der Waals surface area (Å²) in [5.41, 5.74) is 1.07. The zero-order valence-electron chi connectivity index (χ0n) is 11.3. The van der Waals surface area contributed by atoms with E-state index < -0.39 is 0 Å². The maximum atomic E-state index is 9.33. The fourth-order valence-electron chi connectivity index (χ4n) is 2.52. The summed E-state index contributed by atoms with van der Waals surface area (Å²) in [5, 5.41) is 9.33. The van der Waals surface area contributed by atoms with E-state index in [0.717, 1.165) is 44.1 Å². The molecule has 0 radical (unpaired) electrons. The van der Waals surface area contributed by atoms with E-state index in [-0.39, 0.29) is 6.61 Å². The molecule has 0 aromatic carbocycles. The average Bonchev–Trinajstić information content (AvgIpc) is 2.41. The SMILES string of the molecule is CC[C@@H](CO)N1CCN(c2cccc(C)n2)CC1. The number of rotatable bonds is 4. The normalized spacial score (nSPS) is 18.9. The predicted octanol–water partition coefficient (Wildman–Crippen LogP) is 1.28. The van der Waals surface area contributed by atoms with Crippen LogP contribution in [0.3, 0.4) is 0 Å². The van der Waals surface area contributed by atoms with Gasteiger partial charge in [-0.15, -0.1) is 0 Å². The first-order valence-corrected chi connectivity index (χ1v) is 6.78. The highest BCUT2D eigenvalue weighted by molar-refractivity contribution is 5.39. The van der Waals surface area contributed by atoms with Crippen molar-refractivity contribution in [3.63, 3.8) is 0 Å². The van der Waals surface area contributed by atoms with Gasteiger partial charge < -0.3 is 10.0 Å². The molecule has 1 N–H and O–H groups in total. The first-order valence-electron chi connectivity index (χ1n) is 6.78. The topological polar surface area (TPSA) is 39.6 Å². The van der Waals surface area contributed by atoms with Gasteiger partial charge in [-0.05, 0) is 25.5 Å². The summed E-state index contributed by atoms with van der Waals surface area (Å²) in [6, 6.07) is 6.48. The van der Waals surface area contributed by atoms with Crippen molar-refractivity contribution in [2.45, 2.75) is 26.3 Å². The molecule has 1 aliphatic heterocycles. The first kappa shape index (κ1) is 13.3. The van der Waals surface area contributed by atoms with Crippen molar-refractivity contribution in [1.29, 1.82) is 0 Å². The number of nitrogens with zero attached hydrogens (tertiary/aromatic N) is 3. The van der Waals surface area contributed by atoms with Crippen LogP contribution in [-0.4, -0.2) is 53.8 Å². The number of hydrogen-bond acceptors (Lipinski definition) is 4. The molecule has 1 aromatic heterocycles. The van der Waals surface area contributed by atoms with E-state index in [1.807, 2.05) is 13.0 Å². The Hall–Kier alpha value is -1.13. The van der Waals surface area contributed by atoms with Crippen molar-refractivity contribution in [1.82, 2.24) is 9.88 Å². The zero-order chi connectivity index (χ0) is 13.0. The van der Waals surface area contributed by atoms with Crippen LogP contribution in [0.4, 0.5) is 5.82 Å². The highest BCUT2D eigenvalue weighted by Gasteiger charge is 2.22. The van der Waals surface area contributed by atoms with Crippen LogP contribution in [0.15, 0.2) is 18.2 Å². The lowest BCUT2D eigenvalue weighted by molar-refractivity contribution is 0.114. The van der Waals surface area contributed by atoms with E-state index in [9.17, 15) is 5.11 Å². The molecule has 18 heavy (non-hydrogen) atoms. The molecule has 100 valence electrons. The van der Waals surface area contributed by atoms with Gasteiger partial charge in [-0.3, -0.25) is 4.90 Å². The maximum absolute atomic E-state index is 9.33. The zero-order valence-corrected chi connectivity index (χ0v) is 11.3. The second-order valence-electron chi connectivity index (χ2n) is 4.90. The van der Waals surface area contributed by atoms with Crippen LogP contribution in [0.2, 0.25) is 0 Å². The van der Waals surface area contributed by atoms with Crippen LogP contribution in [-0.2, 0) is 0 Å². The maximum Gasteiger partial charge on any atom is 0.128 e. The molecule has 1 atom stereocenters. The lowest BCUT2D eigenvalue weighted by atomic mass is 10.1. The Balaban J connectivity index is 1.94. The molecule has 4 heteroatoms. The Morgan fingerprint density at radius 1 is 1.28 bits per heavy atom. The molecule has 0 spiro atoms. The fourth-order valence-corrected chi connectivity index (χ4v) is 2.52. The summed E-state index contributed by atoms with van der Waals surface area (Å²) >= 11 is 0. The van der Waals surface area contributed by atoms with Crippen LogP contribution in [0.25, 0.3) is 0 Å². The molecule has 2 heterocycles. The smallest absolute Gasteiger partial charge is 0.128 e. The summed E-state index contributed by atoms with van der Waals surface area (Å²) in [4.78, 5) is 9.27. The second kappa shape index (κ2) is 6.16. The molecular weight excluding hydrogens is 226 g/mol. The summed E-state index contributed by atoms with van der Waals surface area (Å²) in [7, 11) is 0. The molecule has 1 aromatic rings. The van der Waals surface area contributed by atoms with E-state index in [1.54, 1.807) is 0 Å². The van der Waals surface area contributed by atoms with Gasteiger partial charge in [0.1, 0.15) is 5.82 Å². The monoisotopic (exact) mass is 249 g/mol. The molecule has 1 aliphatic rings. The number of aromatic nitrogens is 1. The third-order valence-corrected chi connectivity index (χ3v) is 3.71. The molecule has 1 saturated heterocycles. The van der Waals surface area contributed by atoms with E-state index in [2.05, 4.69) is 33.8 Å². The molecular formula is C14H23N3O. The third-order valence-electron chi connectivity index (χ3n) is 3.71. The van der Waals surface area contributed by atoms with Crippen molar-refractivity contribution >= 4 is 5.82 Å². The molecule has 0 amide bonds. The van der Waals surface area contributed by atoms with Crippen molar-refractivity contribution in [2.24, 2.45) is 0 Å². The summed E-state index contributed by atoms with van der Waals surface area (Å²) in [6.07, 6.45) is 1.01. The van der Waals surface area contributed by atoms with Gasteiger partial charge in [0.25, 0.3) is 0 Å². The molecule has 2 rings (SSSR count).